The first kappa shape index (κ1) is 15.8. The fraction of sp³-hybridized carbons (Fsp3) is 0.235. The van der Waals surface area contributed by atoms with Gasteiger partial charge in [0.15, 0.2) is 6.10 Å². The molecule has 2 aromatic rings. The number of nitrogens with zero attached hydrogens (tertiary/aromatic N) is 1. The maximum absolute atomic E-state index is 12.3. The Labute approximate surface area is 138 Å². The van der Waals surface area contributed by atoms with Crippen molar-refractivity contribution in [2.75, 3.05) is 16.8 Å². The van der Waals surface area contributed by atoms with Crippen LogP contribution in [-0.2, 0) is 9.59 Å². The van der Waals surface area contributed by atoms with Gasteiger partial charge in [-0.15, -0.1) is 0 Å². The Morgan fingerprint density at radius 1 is 1.29 bits per heavy atom. The lowest BCUT2D eigenvalue weighted by atomic mass is 10.1. The number of ether oxygens (including phenoxy) is 1. The van der Waals surface area contributed by atoms with Crippen LogP contribution in [0, 0.1) is 0 Å². The zero-order chi connectivity index (χ0) is 17.1. The van der Waals surface area contributed by atoms with Crippen molar-refractivity contribution in [2.24, 2.45) is 0 Å². The van der Waals surface area contributed by atoms with Crippen LogP contribution in [0.15, 0.2) is 47.5 Å². The summed E-state index contributed by atoms with van der Waals surface area (Å²) in [5, 5.41) is 2.55. The highest BCUT2D eigenvalue weighted by atomic mass is 16.5. The van der Waals surface area contributed by atoms with E-state index in [0.717, 1.165) is 0 Å². The first-order valence-electron chi connectivity index (χ1n) is 7.60. The van der Waals surface area contributed by atoms with Crippen LogP contribution in [0.4, 0.5) is 11.4 Å². The molecule has 0 aliphatic carbocycles. The average Bonchev–Trinajstić information content (AvgIpc) is 2.57. The molecule has 0 spiro atoms. The molecule has 124 valence electrons. The van der Waals surface area contributed by atoms with Crippen molar-refractivity contribution in [3.63, 3.8) is 0 Å². The number of nitrogens with one attached hydrogen (secondary N) is 2. The number of fused-ring (bicyclic) bond motifs is 1. The molecule has 2 amide bonds. The molecule has 1 aromatic carbocycles. The molecule has 0 saturated carbocycles. The van der Waals surface area contributed by atoms with Crippen LogP contribution in [0.25, 0.3) is 0 Å². The van der Waals surface area contributed by atoms with E-state index < -0.39 is 6.10 Å². The first-order chi connectivity index (χ1) is 11.6. The highest BCUT2D eigenvalue weighted by molar-refractivity contribution is 6.00. The Bertz CT molecular complexity index is 830. The first-order valence-corrected chi connectivity index (χ1v) is 7.60. The van der Waals surface area contributed by atoms with E-state index in [1.165, 1.54) is 23.4 Å². The Morgan fingerprint density at radius 2 is 2.08 bits per heavy atom. The summed E-state index contributed by atoms with van der Waals surface area (Å²) in [5.41, 5.74) is 0.555. The largest absolute Gasteiger partial charge is 0.479 e. The number of pyridine rings is 1. The molecule has 1 atom stereocenters. The zero-order valence-electron chi connectivity index (χ0n) is 13.1. The van der Waals surface area contributed by atoms with Crippen molar-refractivity contribution in [3.05, 3.63) is 52.9 Å². The number of amides is 2. The molecular formula is C17H17N3O4. The van der Waals surface area contributed by atoms with Gasteiger partial charge < -0.3 is 19.9 Å². The van der Waals surface area contributed by atoms with Crippen LogP contribution in [0.5, 0.6) is 5.75 Å². The van der Waals surface area contributed by atoms with Crippen LogP contribution in [0.2, 0.25) is 0 Å². The predicted octanol–water partition coefficient (Wildman–Crippen LogP) is 1.52. The molecule has 1 aliphatic rings. The molecule has 1 aliphatic heterocycles. The van der Waals surface area contributed by atoms with Crippen LogP contribution in [0.1, 0.15) is 13.3 Å². The molecule has 24 heavy (non-hydrogen) atoms. The molecule has 1 unspecified atom stereocenters. The molecule has 0 bridgehead atoms. The van der Waals surface area contributed by atoms with Gasteiger partial charge in [-0.1, -0.05) is 12.1 Å². The average molecular weight is 327 g/mol. The molecule has 2 N–H and O–H groups in total. The zero-order valence-corrected chi connectivity index (χ0v) is 13.1. The molecule has 0 radical (unpaired) electrons. The van der Waals surface area contributed by atoms with Crippen molar-refractivity contribution in [2.45, 2.75) is 19.4 Å². The molecule has 0 saturated heterocycles. The third-order valence-electron chi connectivity index (χ3n) is 3.73. The lowest BCUT2D eigenvalue weighted by Gasteiger charge is -2.32. The van der Waals surface area contributed by atoms with Gasteiger partial charge >= 0.3 is 0 Å². The number of carbonyl (C=O) groups excluding carboxylic acids is 2. The number of aromatic amines is 1. The third kappa shape index (κ3) is 3.15. The minimum atomic E-state index is -0.597. The van der Waals surface area contributed by atoms with Crippen LogP contribution < -0.4 is 20.4 Å². The summed E-state index contributed by atoms with van der Waals surface area (Å²) in [6.45, 7) is 1.88. The number of hydrogen-bond donors (Lipinski definition) is 2. The topological polar surface area (TPSA) is 91.5 Å². The van der Waals surface area contributed by atoms with Crippen molar-refractivity contribution < 1.29 is 14.3 Å². The summed E-state index contributed by atoms with van der Waals surface area (Å²) in [6.07, 6.45) is 2.39. The Kier molecular flexibility index (Phi) is 4.33. The van der Waals surface area contributed by atoms with E-state index >= 15 is 0 Å². The summed E-state index contributed by atoms with van der Waals surface area (Å²) in [7, 11) is 0. The van der Waals surface area contributed by atoms with E-state index in [1.807, 2.05) is 12.1 Å². The summed E-state index contributed by atoms with van der Waals surface area (Å²) < 4.78 is 5.56. The monoisotopic (exact) mass is 327 g/mol. The fourth-order valence-electron chi connectivity index (χ4n) is 2.53. The van der Waals surface area contributed by atoms with Gasteiger partial charge in [0, 0.05) is 31.4 Å². The van der Waals surface area contributed by atoms with E-state index in [1.54, 1.807) is 19.1 Å². The summed E-state index contributed by atoms with van der Waals surface area (Å²) >= 11 is 0. The Hall–Kier alpha value is -3.09. The highest BCUT2D eigenvalue weighted by Crippen LogP contribution is 2.33. The van der Waals surface area contributed by atoms with Crippen molar-refractivity contribution in [1.29, 1.82) is 0 Å². The normalized spacial score (nSPS) is 16.3. The standard InChI is InChI=1S/C17H17N3O4/c1-11-17(23)20(13-4-2-3-5-15(13)24-11)9-7-16(22)19-12-10-18-8-6-14(12)21/h2-6,8,10-11H,7,9H2,1H3,(H,18,21)(H,19,22). The van der Waals surface area contributed by atoms with Crippen molar-refractivity contribution >= 4 is 23.2 Å². The molecule has 7 heteroatoms. The second kappa shape index (κ2) is 6.57. The Balaban J connectivity index is 1.70. The molecule has 3 rings (SSSR count). The van der Waals surface area contributed by atoms with Crippen LogP contribution >= 0.6 is 0 Å². The van der Waals surface area contributed by atoms with Crippen LogP contribution in [-0.4, -0.2) is 29.4 Å². The quantitative estimate of drug-likeness (QED) is 0.890. The van der Waals surface area contributed by atoms with Crippen molar-refractivity contribution in [3.8, 4) is 5.75 Å². The van der Waals surface area contributed by atoms with Crippen molar-refractivity contribution in [1.82, 2.24) is 4.98 Å². The minimum Gasteiger partial charge on any atom is -0.479 e. The molecular weight excluding hydrogens is 310 g/mol. The number of carbonyl (C=O) groups is 2. The van der Waals surface area contributed by atoms with Gasteiger partial charge in [-0.3, -0.25) is 14.4 Å². The van der Waals surface area contributed by atoms with Crippen LogP contribution in [0.3, 0.4) is 0 Å². The van der Waals surface area contributed by atoms with Gasteiger partial charge in [0.25, 0.3) is 5.91 Å². The summed E-state index contributed by atoms with van der Waals surface area (Å²) in [5.74, 6) is 0.0831. The second-order valence-corrected chi connectivity index (χ2v) is 5.44. The number of hydrogen-bond acceptors (Lipinski definition) is 4. The molecule has 7 nitrogen and oxygen atoms in total. The molecule has 0 fully saturated rings. The summed E-state index contributed by atoms with van der Waals surface area (Å²) in [6, 6.07) is 8.53. The number of rotatable bonds is 4. The lowest BCUT2D eigenvalue weighted by molar-refractivity contribution is -0.125. The van der Waals surface area contributed by atoms with Gasteiger partial charge in [0.1, 0.15) is 11.4 Å². The number of aromatic nitrogens is 1. The number of benzene rings is 1. The molecule has 2 heterocycles. The summed E-state index contributed by atoms with van der Waals surface area (Å²) in [4.78, 5) is 40.3. The number of anilines is 2. The van der Waals surface area contributed by atoms with E-state index in [4.69, 9.17) is 4.74 Å². The minimum absolute atomic E-state index is 0.0706. The van der Waals surface area contributed by atoms with Gasteiger partial charge in [0.05, 0.1) is 5.69 Å². The Morgan fingerprint density at radius 3 is 2.88 bits per heavy atom. The molecule has 1 aromatic heterocycles. The maximum atomic E-state index is 12.3. The van der Waals surface area contributed by atoms with E-state index in [9.17, 15) is 14.4 Å². The highest BCUT2D eigenvalue weighted by Gasteiger charge is 2.31. The van der Waals surface area contributed by atoms with Gasteiger partial charge in [-0.25, -0.2) is 0 Å². The van der Waals surface area contributed by atoms with Gasteiger partial charge in [-0.05, 0) is 19.1 Å². The number of para-hydroxylation sites is 2. The smallest absolute Gasteiger partial charge is 0.267 e. The van der Waals surface area contributed by atoms with Gasteiger partial charge in [-0.2, -0.15) is 0 Å². The SMILES string of the molecule is CC1Oc2ccccc2N(CCC(=O)Nc2c[nH]ccc2=O)C1=O. The van der Waals surface area contributed by atoms with Gasteiger partial charge in [0.2, 0.25) is 11.3 Å². The van der Waals surface area contributed by atoms with E-state index in [0.29, 0.717) is 11.4 Å². The van der Waals surface area contributed by atoms with E-state index in [-0.39, 0.29) is 35.9 Å². The third-order valence-corrected chi connectivity index (χ3v) is 3.73. The number of H-pyrrole nitrogens is 1. The predicted molar refractivity (Wildman–Crippen MR) is 89.2 cm³/mol. The maximum Gasteiger partial charge on any atom is 0.267 e. The second-order valence-electron chi connectivity index (χ2n) is 5.44. The fourth-order valence-corrected chi connectivity index (χ4v) is 2.53. The van der Waals surface area contributed by atoms with E-state index in [2.05, 4.69) is 10.3 Å². The lowest BCUT2D eigenvalue weighted by Crippen LogP contribution is -2.45.